The molecule has 0 amide bonds. The molecule has 1 aromatic heterocycles. The topological polar surface area (TPSA) is 33.4 Å². The number of rotatable bonds is 3. The molecule has 0 saturated heterocycles. The third-order valence-electron chi connectivity index (χ3n) is 4.04. The highest BCUT2D eigenvalue weighted by molar-refractivity contribution is 6.44. The van der Waals surface area contributed by atoms with Crippen molar-refractivity contribution in [1.82, 2.24) is 0 Å². The van der Waals surface area contributed by atoms with Crippen molar-refractivity contribution in [3.8, 4) is 0 Å². The molecule has 18 heavy (non-hydrogen) atoms. The minimum atomic E-state index is -0.0212. The molecule has 0 aliphatic heterocycles. The van der Waals surface area contributed by atoms with Gasteiger partial charge in [-0.25, -0.2) is 0 Å². The molecule has 1 aromatic carbocycles. The fraction of sp³-hybridized carbons (Fsp3) is 0.467. The number of hydrogen-bond acceptors (Lipinski definition) is 2. The Morgan fingerprint density at radius 2 is 2.00 bits per heavy atom. The molecule has 0 unspecified atom stereocenters. The van der Waals surface area contributed by atoms with Gasteiger partial charge in [-0.15, -0.1) is 0 Å². The zero-order valence-electron chi connectivity index (χ0n) is 10.7. The van der Waals surface area contributed by atoms with Crippen molar-refractivity contribution >= 4 is 24.1 Å². The Bertz CT molecular complexity index is 526. The minimum Gasteiger partial charge on any atom is -0.468 e. The Morgan fingerprint density at radius 1 is 1.17 bits per heavy atom. The molecular formula is C15H19BO2. The first-order chi connectivity index (χ1) is 8.85. The lowest BCUT2D eigenvalue weighted by atomic mass is 9.85. The quantitative estimate of drug-likeness (QED) is 0.839. The Labute approximate surface area is 108 Å². The smallest absolute Gasteiger partial charge is 0.347 e. The lowest BCUT2D eigenvalue weighted by molar-refractivity contribution is 0.357. The molecule has 94 valence electrons. The molecule has 2 nitrogen and oxygen atoms in total. The van der Waals surface area contributed by atoms with Crippen molar-refractivity contribution in [1.29, 1.82) is 0 Å². The van der Waals surface area contributed by atoms with Gasteiger partial charge in [-0.2, -0.15) is 0 Å². The minimum absolute atomic E-state index is 0.0212. The molecule has 2 aromatic rings. The molecular weight excluding hydrogens is 223 g/mol. The van der Waals surface area contributed by atoms with E-state index in [2.05, 4.69) is 12.1 Å². The zero-order chi connectivity index (χ0) is 12.4. The average molecular weight is 242 g/mol. The summed E-state index contributed by atoms with van der Waals surface area (Å²) in [5.74, 6) is 0.861. The molecule has 1 N–H and O–H groups in total. The van der Waals surface area contributed by atoms with Crippen LogP contribution in [0, 0.1) is 5.92 Å². The fourth-order valence-corrected chi connectivity index (χ4v) is 3.08. The first-order valence-corrected chi connectivity index (χ1v) is 6.97. The summed E-state index contributed by atoms with van der Waals surface area (Å²) < 4.78 is 5.51. The Kier molecular flexibility index (Phi) is 3.42. The number of fused-ring (bicyclic) bond motifs is 1. The van der Waals surface area contributed by atoms with Gasteiger partial charge in [0.25, 0.3) is 0 Å². The lowest BCUT2D eigenvalue weighted by Crippen LogP contribution is -2.09. The van der Waals surface area contributed by atoms with Crippen molar-refractivity contribution in [2.24, 2.45) is 5.92 Å². The highest BCUT2D eigenvalue weighted by Gasteiger charge is 2.14. The van der Waals surface area contributed by atoms with Gasteiger partial charge in [-0.3, -0.25) is 0 Å². The highest BCUT2D eigenvalue weighted by atomic mass is 16.3. The Balaban J connectivity index is 1.79. The number of benzene rings is 1. The highest BCUT2D eigenvalue weighted by Crippen LogP contribution is 2.27. The summed E-state index contributed by atoms with van der Waals surface area (Å²) >= 11 is 0. The maximum atomic E-state index is 9.08. The van der Waals surface area contributed by atoms with E-state index in [0.29, 0.717) is 5.66 Å². The summed E-state index contributed by atoms with van der Waals surface area (Å²) in [6.07, 6.45) is 8.16. The van der Waals surface area contributed by atoms with Crippen LogP contribution in [0.5, 0.6) is 0 Å². The third-order valence-corrected chi connectivity index (χ3v) is 4.04. The van der Waals surface area contributed by atoms with Crippen LogP contribution < -0.4 is 5.66 Å². The van der Waals surface area contributed by atoms with Crippen molar-refractivity contribution in [3.05, 3.63) is 29.8 Å². The van der Waals surface area contributed by atoms with E-state index < -0.39 is 0 Å². The van der Waals surface area contributed by atoms with Crippen LogP contribution in [0.4, 0.5) is 0 Å². The predicted octanol–water partition coefficient (Wildman–Crippen LogP) is 2.52. The van der Waals surface area contributed by atoms with Crippen molar-refractivity contribution in [3.63, 3.8) is 0 Å². The average Bonchev–Trinajstić information content (AvgIpc) is 2.82. The summed E-state index contributed by atoms with van der Waals surface area (Å²) in [6, 6.07) is 8.36. The molecule has 1 saturated carbocycles. The zero-order valence-corrected chi connectivity index (χ0v) is 10.7. The fourth-order valence-electron chi connectivity index (χ4n) is 3.08. The van der Waals surface area contributed by atoms with Crippen LogP contribution in [0.25, 0.3) is 11.0 Å². The molecule has 1 aliphatic rings. The van der Waals surface area contributed by atoms with Crippen LogP contribution >= 0.6 is 0 Å². The van der Waals surface area contributed by atoms with Crippen LogP contribution in [-0.4, -0.2) is 12.5 Å². The Hall–Kier alpha value is -1.22. The molecule has 0 bridgehead atoms. The first kappa shape index (κ1) is 11.9. The van der Waals surface area contributed by atoms with Gasteiger partial charge < -0.3 is 9.44 Å². The van der Waals surface area contributed by atoms with Crippen molar-refractivity contribution < 1.29 is 9.44 Å². The molecule has 1 heterocycles. The summed E-state index contributed by atoms with van der Waals surface area (Å²) in [7, 11) is -0.0212. The van der Waals surface area contributed by atoms with Crippen LogP contribution in [0.2, 0.25) is 0 Å². The van der Waals surface area contributed by atoms with Gasteiger partial charge in [0.15, 0.2) is 0 Å². The van der Waals surface area contributed by atoms with E-state index in [4.69, 9.17) is 9.44 Å². The second-order valence-corrected chi connectivity index (χ2v) is 5.45. The standard InChI is InChI=1S/C15H19BO2/c17-16-15-10-13-9-12(6-7-14(13)18-15)8-11-4-2-1-3-5-11/h6-7,9-11,16-17H,1-5,8H2. The normalized spacial score (nSPS) is 17.2. The second kappa shape index (κ2) is 5.19. The Morgan fingerprint density at radius 3 is 2.78 bits per heavy atom. The van der Waals surface area contributed by atoms with Gasteiger partial charge >= 0.3 is 7.48 Å². The van der Waals surface area contributed by atoms with Gasteiger partial charge in [0, 0.05) is 5.39 Å². The van der Waals surface area contributed by atoms with E-state index in [1.165, 1.54) is 44.1 Å². The molecule has 0 radical (unpaired) electrons. The SMILES string of the molecule is OBc1cc2cc(CC3CCCCC3)ccc2o1. The predicted molar refractivity (Wildman–Crippen MR) is 75.5 cm³/mol. The molecule has 0 spiro atoms. The van der Waals surface area contributed by atoms with Gasteiger partial charge in [0.05, 0.1) is 5.66 Å². The van der Waals surface area contributed by atoms with E-state index in [0.717, 1.165) is 16.9 Å². The second-order valence-electron chi connectivity index (χ2n) is 5.45. The summed E-state index contributed by atoms with van der Waals surface area (Å²) in [5.41, 5.74) is 2.94. The van der Waals surface area contributed by atoms with Gasteiger partial charge in [-0.1, -0.05) is 38.2 Å². The van der Waals surface area contributed by atoms with E-state index in [9.17, 15) is 0 Å². The van der Waals surface area contributed by atoms with E-state index in [-0.39, 0.29) is 7.48 Å². The van der Waals surface area contributed by atoms with Gasteiger partial charge in [0.2, 0.25) is 0 Å². The van der Waals surface area contributed by atoms with Crippen LogP contribution in [0.1, 0.15) is 37.7 Å². The maximum Gasteiger partial charge on any atom is 0.347 e. The molecule has 3 heteroatoms. The third kappa shape index (κ3) is 2.46. The number of hydrogen-bond donors (Lipinski definition) is 1. The van der Waals surface area contributed by atoms with Crippen LogP contribution in [-0.2, 0) is 6.42 Å². The summed E-state index contributed by atoms with van der Waals surface area (Å²) in [6.45, 7) is 0. The monoisotopic (exact) mass is 242 g/mol. The number of furan rings is 1. The van der Waals surface area contributed by atoms with Gasteiger partial charge in [0.1, 0.15) is 5.58 Å². The van der Waals surface area contributed by atoms with Crippen molar-refractivity contribution in [2.45, 2.75) is 38.5 Å². The van der Waals surface area contributed by atoms with Gasteiger partial charge in [-0.05, 0) is 36.1 Å². The van der Waals surface area contributed by atoms with E-state index in [1.54, 1.807) is 0 Å². The van der Waals surface area contributed by atoms with Crippen LogP contribution in [0.3, 0.4) is 0 Å². The molecule has 0 atom stereocenters. The van der Waals surface area contributed by atoms with E-state index >= 15 is 0 Å². The van der Waals surface area contributed by atoms with Crippen molar-refractivity contribution in [2.75, 3.05) is 0 Å². The largest absolute Gasteiger partial charge is 0.468 e. The van der Waals surface area contributed by atoms with E-state index in [1.807, 2.05) is 12.1 Å². The lowest BCUT2D eigenvalue weighted by Gasteiger charge is -2.21. The first-order valence-electron chi connectivity index (χ1n) is 6.97. The molecule has 3 rings (SSSR count). The molecule has 1 fully saturated rings. The molecule has 1 aliphatic carbocycles. The summed E-state index contributed by atoms with van der Waals surface area (Å²) in [4.78, 5) is 0. The van der Waals surface area contributed by atoms with Crippen LogP contribution in [0.15, 0.2) is 28.7 Å². The maximum absolute atomic E-state index is 9.08. The summed E-state index contributed by atoms with van der Waals surface area (Å²) in [5, 5.41) is 10.2.